The lowest BCUT2D eigenvalue weighted by Crippen LogP contribution is -2.29. The quantitative estimate of drug-likeness (QED) is 0.512. The molecule has 1 fully saturated rings. The number of esters is 1. The highest BCUT2D eigenvalue weighted by Crippen LogP contribution is 2.29. The van der Waals surface area contributed by atoms with Crippen LogP contribution in [0.2, 0.25) is 0 Å². The van der Waals surface area contributed by atoms with E-state index in [0.29, 0.717) is 11.1 Å². The molecule has 1 saturated heterocycles. The normalized spacial score (nSPS) is 18.9. The summed E-state index contributed by atoms with van der Waals surface area (Å²) < 4.78 is 4.74. The largest absolute Gasteiger partial charge is 0.465 e. The maximum absolute atomic E-state index is 11.7. The fraction of sp³-hybridized carbons (Fsp3) is 0.462. The highest BCUT2D eigenvalue weighted by Gasteiger charge is 2.24. The molecule has 1 atom stereocenters. The van der Waals surface area contributed by atoms with Crippen LogP contribution in [0, 0.1) is 10.1 Å². The topological polar surface area (TPSA) is 81.5 Å². The van der Waals surface area contributed by atoms with E-state index in [1.165, 1.54) is 25.3 Å². The number of ether oxygens (including phenoxy) is 1. The molecule has 19 heavy (non-hydrogen) atoms. The average Bonchev–Trinajstić information content (AvgIpc) is 2.46. The second-order valence-electron chi connectivity index (χ2n) is 4.56. The molecule has 1 N–H and O–H groups in total. The number of carbonyl (C=O) groups excluding carboxylic acids is 1. The van der Waals surface area contributed by atoms with Crippen molar-refractivity contribution < 1.29 is 14.5 Å². The molecule has 0 saturated carbocycles. The Hall–Kier alpha value is -1.95. The molecule has 0 aliphatic carbocycles. The van der Waals surface area contributed by atoms with Crippen molar-refractivity contribution in [3.05, 3.63) is 39.4 Å². The zero-order chi connectivity index (χ0) is 13.8. The van der Waals surface area contributed by atoms with Gasteiger partial charge in [-0.1, -0.05) is 0 Å². The summed E-state index contributed by atoms with van der Waals surface area (Å²) in [6, 6.07) is 4.31. The maximum Gasteiger partial charge on any atom is 0.338 e. The zero-order valence-electron chi connectivity index (χ0n) is 10.7. The van der Waals surface area contributed by atoms with Crippen molar-refractivity contribution >= 4 is 11.7 Å². The number of rotatable bonds is 3. The van der Waals surface area contributed by atoms with Crippen LogP contribution in [0.1, 0.15) is 34.7 Å². The predicted molar refractivity (Wildman–Crippen MR) is 69.3 cm³/mol. The van der Waals surface area contributed by atoms with Crippen molar-refractivity contribution in [1.29, 1.82) is 0 Å². The number of nitrogens with zero attached hydrogens (tertiary/aromatic N) is 1. The van der Waals surface area contributed by atoms with Gasteiger partial charge in [0, 0.05) is 18.7 Å². The number of piperidine rings is 1. The first-order valence-electron chi connectivity index (χ1n) is 6.21. The van der Waals surface area contributed by atoms with Crippen molar-refractivity contribution in [1.82, 2.24) is 5.32 Å². The van der Waals surface area contributed by atoms with E-state index in [-0.39, 0.29) is 11.6 Å². The van der Waals surface area contributed by atoms with Crippen LogP contribution >= 0.6 is 0 Å². The first-order valence-corrected chi connectivity index (χ1v) is 6.21. The summed E-state index contributed by atoms with van der Waals surface area (Å²) in [4.78, 5) is 22.2. The average molecular weight is 264 g/mol. The predicted octanol–water partition coefficient (Wildman–Crippen LogP) is 1.85. The van der Waals surface area contributed by atoms with Gasteiger partial charge in [-0.3, -0.25) is 10.1 Å². The van der Waals surface area contributed by atoms with Crippen molar-refractivity contribution in [3.8, 4) is 0 Å². The molecule has 1 aliphatic rings. The number of nitrogens with one attached hydrogen (secondary N) is 1. The first kappa shape index (κ1) is 13.5. The van der Waals surface area contributed by atoms with Crippen molar-refractivity contribution in [2.45, 2.75) is 18.8 Å². The molecule has 1 aromatic carbocycles. The third kappa shape index (κ3) is 2.90. The highest BCUT2D eigenvalue weighted by molar-refractivity contribution is 5.91. The van der Waals surface area contributed by atoms with Gasteiger partial charge in [0.2, 0.25) is 0 Å². The van der Waals surface area contributed by atoms with Gasteiger partial charge in [-0.15, -0.1) is 0 Å². The van der Waals surface area contributed by atoms with Gasteiger partial charge in [-0.25, -0.2) is 4.79 Å². The smallest absolute Gasteiger partial charge is 0.338 e. The van der Waals surface area contributed by atoms with E-state index in [2.05, 4.69) is 5.32 Å². The Balaban J connectivity index is 2.42. The molecule has 0 radical (unpaired) electrons. The van der Waals surface area contributed by atoms with Gasteiger partial charge in [0.15, 0.2) is 0 Å². The van der Waals surface area contributed by atoms with Crippen LogP contribution < -0.4 is 5.32 Å². The molecule has 2 rings (SSSR count). The second kappa shape index (κ2) is 5.79. The Kier molecular flexibility index (Phi) is 4.11. The molecule has 1 unspecified atom stereocenters. The number of nitro groups is 1. The van der Waals surface area contributed by atoms with Crippen molar-refractivity contribution in [2.75, 3.05) is 20.2 Å². The lowest BCUT2D eigenvalue weighted by molar-refractivity contribution is -0.384. The summed E-state index contributed by atoms with van der Waals surface area (Å²) in [6.07, 6.45) is 1.91. The van der Waals surface area contributed by atoms with Crippen LogP contribution in [0.4, 0.5) is 5.69 Å². The van der Waals surface area contributed by atoms with Crippen molar-refractivity contribution in [2.24, 2.45) is 0 Å². The Morgan fingerprint density at radius 2 is 2.32 bits per heavy atom. The van der Waals surface area contributed by atoms with Gasteiger partial charge in [0.05, 0.1) is 17.6 Å². The third-order valence-corrected chi connectivity index (χ3v) is 3.39. The van der Waals surface area contributed by atoms with E-state index in [4.69, 9.17) is 4.74 Å². The molecule has 6 heteroatoms. The van der Waals surface area contributed by atoms with Crippen LogP contribution in [-0.4, -0.2) is 31.1 Å². The molecule has 0 bridgehead atoms. The molecular weight excluding hydrogens is 248 g/mol. The molecule has 0 aromatic heterocycles. The first-order chi connectivity index (χ1) is 9.13. The molecule has 6 nitrogen and oxygen atoms in total. The van der Waals surface area contributed by atoms with Crippen LogP contribution in [0.25, 0.3) is 0 Å². The standard InChI is InChI=1S/C13H16N2O4/c1-19-13(16)11-5-4-10(15(17)18)7-12(11)9-3-2-6-14-8-9/h4-5,7,9,14H,2-3,6,8H2,1H3. The van der Waals surface area contributed by atoms with E-state index in [0.717, 1.165) is 25.9 Å². The summed E-state index contributed by atoms with van der Waals surface area (Å²) >= 11 is 0. The Labute approximate surface area is 110 Å². The Morgan fingerprint density at radius 3 is 2.89 bits per heavy atom. The number of hydrogen-bond donors (Lipinski definition) is 1. The number of hydrogen-bond acceptors (Lipinski definition) is 5. The van der Waals surface area contributed by atoms with E-state index in [1.54, 1.807) is 0 Å². The number of benzene rings is 1. The van der Waals surface area contributed by atoms with Crippen LogP contribution in [-0.2, 0) is 4.74 Å². The van der Waals surface area contributed by atoms with Crippen LogP contribution in [0.3, 0.4) is 0 Å². The molecule has 0 amide bonds. The number of nitro benzene ring substituents is 1. The maximum atomic E-state index is 11.7. The lowest BCUT2D eigenvalue weighted by Gasteiger charge is -2.24. The summed E-state index contributed by atoms with van der Waals surface area (Å²) in [7, 11) is 1.31. The molecule has 1 aromatic rings. The molecular formula is C13H16N2O4. The second-order valence-corrected chi connectivity index (χ2v) is 4.56. The third-order valence-electron chi connectivity index (χ3n) is 3.39. The fourth-order valence-corrected chi connectivity index (χ4v) is 2.41. The summed E-state index contributed by atoms with van der Waals surface area (Å²) in [6.45, 7) is 1.67. The molecule has 1 aliphatic heterocycles. The van der Waals surface area contributed by atoms with E-state index in [9.17, 15) is 14.9 Å². The van der Waals surface area contributed by atoms with Crippen molar-refractivity contribution in [3.63, 3.8) is 0 Å². The molecule has 102 valence electrons. The van der Waals surface area contributed by atoms with Gasteiger partial charge < -0.3 is 10.1 Å². The van der Waals surface area contributed by atoms with Gasteiger partial charge in [-0.05, 0) is 36.9 Å². The fourth-order valence-electron chi connectivity index (χ4n) is 2.41. The van der Waals surface area contributed by atoms with E-state index in [1.807, 2.05) is 0 Å². The minimum atomic E-state index is -0.449. The van der Waals surface area contributed by atoms with Gasteiger partial charge >= 0.3 is 5.97 Å². The summed E-state index contributed by atoms with van der Waals surface area (Å²) in [5, 5.41) is 14.1. The number of methoxy groups -OCH3 is 1. The summed E-state index contributed by atoms with van der Waals surface area (Å²) in [5.74, 6) is -0.335. The summed E-state index contributed by atoms with van der Waals surface area (Å²) in [5.41, 5.74) is 1.13. The van der Waals surface area contributed by atoms with Gasteiger partial charge in [-0.2, -0.15) is 0 Å². The minimum Gasteiger partial charge on any atom is -0.465 e. The minimum absolute atomic E-state index is 0.00762. The lowest BCUT2D eigenvalue weighted by atomic mass is 9.88. The van der Waals surface area contributed by atoms with E-state index < -0.39 is 10.9 Å². The molecule has 1 heterocycles. The SMILES string of the molecule is COC(=O)c1ccc([N+](=O)[O-])cc1C1CCCNC1. The van der Waals surface area contributed by atoms with E-state index >= 15 is 0 Å². The van der Waals surface area contributed by atoms with Gasteiger partial charge in [0.1, 0.15) is 0 Å². The number of non-ortho nitro benzene ring substituents is 1. The Morgan fingerprint density at radius 1 is 1.53 bits per heavy atom. The van der Waals surface area contributed by atoms with Crippen LogP contribution in [0.5, 0.6) is 0 Å². The van der Waals surface area contributed by atoms with Crippen LogP contribution in [0.15, 0.2) is 18.2 Å². The monoisotopic (exact) mass is 264 g/mol. The molecule has 0 spiro atoms. The number of carbonyl (C=O) groups is 1. The highest BCUT2D eigenvalue weighted by atomic mass is 16.6. The van der Waals surface area contributed by atoms with Gasteiger partial charge in [0.25, 0.3) is 5.69 Å². The Bertz CT molecular complexity index is 495. The zero-order valence-corrected chi connectivity index (χ0v) is 10.7.